The average molecular weight is 265 g/mol. The normalized spacial score (nSPS) is 24.0. The SMILES string of the molecule is COC1CN(c2cccnc2C(N)=S)CCC1C. The molecule has 0 aromatic carbocycles. The molecule has 0 saturated carbocycles. The second-order valence-corrected chi connectivity index (χ2v) is 5.16. The fourth-order valence-electron chi connectivity index (χ4n) is 2.40. The largest absolute Gasteiger partial charge is 0.388 e. The van der Waals surface area contributed by atoms with Crippen LogP contribution in [0.15, 0.2) is 18.3 Å². The Bertz CT molecular complexity index is 438. The van der Waals surface area contributed by atoms with Gasteiger partial charge in [-0.05, 0) is 24.5 Å². The Morgan fingerprint density at radius 3 is 3.06 bits per heavy atom. The fourth-order valence-corrected chi connectivity index (χ4v) is 2.56. The summed E-state index contributed by atoms with van der Waals surface area (Å²) in [6.07, 6.45) is 3.07. The summed E-state index contributed by atoms with van der Waals surface area (Å²) in [7, 11) is 1.77. The monoisotopic (exact) mass is 265 g/mol. The molecule has 4 nitrogen and oxygen atoms in total. The van der Waals surface area contributed by atoms with Crippen LogP contribution in [-0.2, 0) is 4.74 Å². The third-order valence-corrected chi connectivity index (χ3v) is 3.75. The van der Waals surface area contributed by atoms with Gasteiger partial charge >= 0.3 is 0 Å². The van der Waals surface area contributed by atoms with Gasteiger partial charge in [-0.2, -0.15) is 0 Å². The van der Waals surface area contributed by atoms with E-state index in [1.165, 1.54) is 0 Å². The summed E-state index contributed by atoms with van der Waals surface area (Å²) < 4.78 is 5.53. The number of nitrogens with zero attached hydrogens (tertiary/aromatic N) is 2. The standard InChI is InChI=1S/C13H19N3OS/c1-9-5-7-16(8-11(9)17-2)10-4-3-6-15-12(10)13(14)18/h3-4,6,9,11H,5,7-8H2,1-2H3,(H2,14,18). The van der Waals surface area contributed by atoms with Crippen molar-refractivity contribution in [1.82, 2.24) is 4.98 Å². The van der Waals surface area contributed by atoms with Crippen molar-refractivity contribution in [3.63, 3.8) is 0 Å². The Balaban J connectivity index is 2.24. The maximum Gasteiger partial charge on any atom is 0.124 e. The first-order valence-corrected chi connectivity index (χ1v) is 6.57. The fraction of sp³-hybridized carbons (Fsp3) is 0.538. The van der Waals surface area contributed by atoms with E-state index >= 15 is 0 Å². The lowest BCUT2D eigenvalue weighted by atomic mass is 9.95. The molecule has 18 heavy (non-hydrogen) atoms. The maximum absolute atomic E-state index is 5.73. The number of methoxy groups -OCH3 is 1. The lowest BCUT2D eigenvalue weighted by Gasteiger charge is -2.38. The first-order chi connectivity index (χ1) is 8.63. The summed E-state index contributed by atoms with van der Waals surface area (Å²) in [6.45, 7) is 4.07. The molecule has 0 radical (unpaired) electrons. The summed E-state index contributed by atoms with van der Waals surface area (Å²) in [6, 6.07) is 3.93. The van der Waals surface area contributed by atoms with E-state index in [9.17, 15) is 0 Å². The van der Waals surface area contributed by atoms with Gasteiger partial charge in [0.1, 0.15) is 10.7 Å². The molecule has 1 fully saturated rings. The van der Waals surface area contributed by atoms with Gasteiger partial charge in [0.05, 0.1) is 11.8 Å². The number of ether oxygens (including phenoxy) is 1. The average Bonchev–Trinajstić information content (AvgIpc) is 2.39. The van der Waals surface area contributed by atoms with Crippen molar-refractivity contribution in [3.8, 4) is 0 Å². The van der Waals surface area contributed by atoms with Crippen molar-refractivity contribution < 1.29 is 4.74 Å². The predicted octanol–water partition coefficient (Wildman–Crippen LogP) is 1.58. The summed E-state index contributed by atoms with van der Waals surface area (Å²) in [5.41, 5.74) is 7.45. The number of hydrogen-bond acceptors (Lipinski definition) is 4. The number of anilines is 1. The maximum atomic E-state index is 5.73. The van der Waals surface area contributed by atoms with E-state index in [0.29, 0.717) is 16.6 Å². The molecule has 1 aliphatic heterocycles. The van der Waals surface area contributed by atoms with Crippen LogP contribution in [-0.4, -0.2) is 36.3 Å². The molecule has 1 aromatic heterocycles. The van der Waals surface area contributed by atoms with Crippen LogP contribution in [0.3, 0.4) is 0 Å². The minimum absolute atomic E-state index is 0.248. The predicted molar refractivity (Wildman–Crippen MR) is 76.9 cm³/mol. The first kappa shape index (κ1) is 13.2. The van der Waals surface area contributed by atoms with Gasteiger partial charge in [0, 0.05) is 26.4 Å². The smallest absolute Gasteiger partial charge is 0.124 e. The van der Waals surface area contributed by atoms with Crippen molar-refractivity contribution >= 4 is 22.9 Å². The molecule has 0 spiro atoms. The molecule has 0 amide bonds. The highest BCUT2D eigenvalue weighted by Gasteiger charge is 2.27. The highest BCUT2D eigenvalue weighted by atomic mass is 32.1. The minimum atomic E-state index is 0.248. The number of nitrogens with two attached hydrogens (primary N) is 1. The Hall–Kier alpha value is -1.20. The van der Waals surface area contributed by atoms with Crippen LogP contribution < -0.4 is 10.6 Å². The zero-order valence-electron chi connectivity index (χ0n) is 10.8. The summed E-state index contributed by atoms with van der Waals surface area (Å²) in [5.74, 6) is 0.580. The Kier molecular flexibility index (Phi) is 4.14. The van der Waals surface area contributed by atoms with Crippen LogP contribution in [0.5, 0.6) is 0 Å². The van der Waals surface area contributed by atoms with Gasteiger partial charge in [0.2, 0.25) is 0 Å². The van der Waals surface area contributed by atoms with Crippen LogP contribution in [0, 0.1) is 5.92 Å². The zero-order chi connectivity index (χ0) is 13.1. The number of pyridine rings is 1. The molecule has 2 N–H and O–H groups in total. The Morgan fingerprint density at radius 2 is 2.39 bits per heavy atom. The second-order valence-electron chi connectivity index (χ2n) is 4.72. The summed E-state index contributed by atoms with van der Waals surface area (Å²) in [5, 5.41) is 0. The molecule has 1 saturated heterocycles. The van der Waals surface area contributed by atoms with Crippen molar-refractivity contribution in [2.24, 2.45) is 11.7 Å². The van der Waals surface area contributed by atoms with E-state index in [2.05, 4.69) is 16.8 Å². The number of rotatable bonds is 3. The number of hydrogen-bond donors (Lipinski definition) is 1. The number of piperidine rings is 1. The van der Waals surface area contributed by atoms with Crippen molar-refractivity contribution in [3.05, 3.63) is 24.0 Å². The number of aromatic nitrogens is 1. The molecule has 0 bridgehead atoms. The van der Waals surface area contributed by atoms with Crippen molar-refractivity contribution in [1.29, 1.82) is 0 Å². The van der Waals surface area contributed by atoms with Crippen LogP contribution >= 0.6 is 12.2 Å². The van der Waals surface area contributed by atoms with E-state index in [0.717, 1.165) is 25.2 Å². The third-order valence-electron chi connectivity index (χ3n) is 3.55. The molecule has 2 heterocycles. The quantitative estimate of drug-likeness (QED) is 0.841. The van der Waals surface area contributed by atoms with E-state index in [1.54, 1.807) is 13.3 Å². The zero-order valence-corrected chi connectivity index (χ0v) is 11.6. The third kappa shape index (κ3) is 2.62. The van der Waals surface area contributed by atoms with E-state index in [4.69, 9.17) is 22.7 Å². The van der Waals surface area contributed by atoms with Gasteiger partial charge in [-0.25, -0.2) is 0 Å². The molecule has 1 aromatic rings. The molecule has 2 rings (SSSR count). The molecule has 98 valence electrons. The Labute approximate surface area is 113 Å². The van der Waals surface area contributed by atoms with Gasteiger partial charge in [-0.15, -0.1) is 0 Å². The van der Waals surface area contributed by atoms with Gasteiger partial charge in [-0.3, -0.25) is 4.98 Å². The van der Waals surface area contributed by atoms with Gasteiger partial charge in [0.15, 0.2) is 0 Å². The van der Waals surface area contributed by atoms with Crippen molar-refractivity contribution in [2.75, 3.05) is 25.1 Å². The molecule has 2 unspecified atom stereocenters. The lowest BCUT2D eigenvalue weighted by molar-refractivity contribution is 0.0498. The van der Waals surface area contributed by atoms with Gasteiger partial charge < -0.3 is 15.4 Å². The summed E-state index contributed by atoms with van der Waals surface area (Å²) in [4.78, 5) is 6.88. The van der Waals surface area contributed by atoms with E-state index in [1.807, 2.05) is 12.1 Å². The van der Waals surface area contributed by atoms with Crippen molar-refractivity contribution in [2.45, 2.75) is 19.4 Å². The highest BCUT2D eigenvalue weighted by molar-refractivity contribution is 7.80. The Morgan fingerprint density at radius 1 is 1.61 bits per heavy atom. The molecular weight excluding hydrogens is 246 g/mol. The van der Waals surface area contributed by atoms with Crippen LogP contribution in [0.25, 0.3) is 0 Å². The molecule has 5 heteroatoms. The van der Waals surface area contributed by atoms with E-state index < -0.39 is 0 Å². The molecular formula is C13H19N3OS. The summed E-state index contributed by atoms with van der Waals surface area (Å²) >= 11 is 5.06. The van der Waals surface area contributed by atoms with Crippen LogP contribution in [0.4, 0.5) is 5.69 Å². The minimum Gasteiger partial charge on any atom is -0.388 e. The lowest BCUT2D eigenvalue weighted by Crippen LogP contribution is -2.44. The highest BCUT2D eigenvalue weighted by Crippen LogP contribution is 2.26. The number of thiocarbonyl (C=S) groups is 1. The molecule has 2 atom stereocenters. The van der Waals surface area contributed by atoms with Crippen LogP contribution in [0.1, 0.15) is 19.0 Å². The first-order valence-electron chi connectivity index (χ1n) is 6.16. The van der Waals surface area contributed by atoms with Gasteiger partial charge in [-0.1, -0.05) is 19.1 Å². The van der Waals surface area contributed by atoms with Gasteiger partial charge in [0.25, 0.3) is 0 Å². The molecule has 1 aliphatic rings. The topological polar surface area (TPSA) is 51.4 Å². The van der Waals surface area contributed by atoms with E-state index in [-0.39, 0.29) is 6.10 Å². The molecule has 0 aliphatic carbocycles. The van der Waals surface area contributed by atoms with Crippen LogP contribution in [0.2, 0.25) is 0 Å². The second kappa shape index (κ2) is 5.63.